The first-order chi connectivity index (χ1) is 14.1. The zero-order valence-electron chi connectivity index (χ0n) is 17.1. The van der Waals surface area contributed by atoms with E-state index in [9.17, 15) is 8.78 Å². The second-order valence-electron chi connectivity index (χ2n) is 6.69. The van der Waals surface area contributed by atoms with Crippen molar-refractivity contribution in [3.63, 3.8) is 0 Å². The fourth-order valence-corrected chi connectivity index (χ4v) is 4.04. The number of aryl methyl sites for hydroxylation is 1. The van der Waals surface area contributed by atoms with Gasteiger partial charge in [-0.15, -0.1) is 35.3 Å². The van der Waals surface area contributed by atoms with Gasteiger partial charge in [0.1, 0.15) is 10.8 Å². The van der Waals surface area contributed by atoms with Crippen LogP contribution in [0, 0.1) is 0 Å². The number of hydrogen-bond donors (Lipinski definition) is 2. The van der Waals surface area contributed by atoms with E-state index in [1.807, 2.05) is 25.3 Å². The van der Waals surface area contributed by atoms with Gasteiger partial charge in [-0.1, -0.05) is 19.1 Å². The van der Waals surface area contributed by atoms with Gasteiger partial charge in [-0.05, 0) is 31.9 Å². The van der Waals surface area contributed by atoms with Crippen LogP contribution in [0.3, 0.4) is 0 Å². The number of halogens is 3. The number of benzene rings is 1. The summed E-state index contributed by atoms with van der Waals surface area (Å²) in [6.45, 7) is 4.03. The van der Waals surface area contributed by atoms with E-state index in [0.29, 0.717) is 18.8 Å². The van der Waals surface area contributed by atoms with Crippen LogP contribution in [0.1, 0.15) is 30.2 Å². The highest BCUT2D eigenvalue weighted by Gasteiger charge is 2.26. The molecule has 0 radical (unpaired) electrons. The molecule has 1 aliphatic rings. The third kappa shape index (κ3) is 6.93. The molecule has 0 bridgehead atoms. The van der Waals surface area contributed by atoms with E-state index in [4.69, 9.17) is 0 Å². The Balaban J connectivity index is 0.00000320. The summed E-state index contributed by atoms with van der Waals surface area (Å²) < 4.78 is 30.1. The van der Waals surface area contributed by atoms with E-state index < -0.39 is 6.61 Å². The van der Waals surface area contributed by atoms with E-state index in [0.717, 1.165) is 36.9 Å². The topological polar surface area (TPSA) is 61.8 Å². The number of nitrogens with one attached hydrogen (secondary N) is 2. The molecular formula is C20H28F2IN5OS. The number of thiazole rings is 1. The van der Waals surface area contributed by atoms with Gasteiger partial charge in [-0.3, -0.25) is 0 Å². The highest BCUT2D eigenvalue weighted by atomic mass is 127. The van der Waals surface area contributed by atoms with E-state index in [-0.39, 0.29) is 35.8 Å². The van der Waals surface area contributed by atoms with Gasteiger partial charge in [0.05, 0.1) is 12.2 Å². The summed E-state index contributed by atoms with van der Waals surface area (Å²) in [5, 5.41) is 7.71. The number of nitrogens with zero attached hydrogens (tertiary/aromatic N) is 3. The molecule has 1 unspecified atom stereocenters. The lowest BCUT2D eigenvalue weighted by Crippen LogP contribution is -2.44. The van der Waals surface area contributed by atoms with Crippen LogP contribution in [0.4, 0.5) is 14.5 Å². The largest absolute Gasteiger partial charge is 0.433 e. The summed E-state index contributed by atoms with van der Waals surface area (Å²) in [5.74, 6) is 0.948. The highest BCUT2D eigenvalue weighted by Crippen LogP contribution is 2.31. The highest BCUT2D eigenvalue weighted by molar-refractivity contribution is 14.0. The molecule has 1 aromatic heterocycles. The lowest BCUT2D eigenvalue weighted by atomic mass is 10.2. The summed E-state index contributed by atoms with van der Waals surface area (Å²) in [6, 6.07) is 7.08. The number of aliphatic imine (C=N–C) groups is 1. The smallest absolute Gasteiger partial charge is 0.387 e. The molecule has 0 spiro atoms. The summed E-state index contributed by atoms with van der Waals surface area (Å²) >= 11 is 1.68. The summed E-state index contributed by atoms with van der Waals surface area (Å²) in [6.07, 6.45) is 3.77. The molecule has 2 aromatic rings. The van der Waals surface area contributed by atoms with Gasteiger partial charge < -0.3 is 20.3 Å². The van der Waals surface area contributed by atoms with E-state index in [2.05, 4.69) is 37.2 Å². The predicted molar refractivity (Wildman–Crippen MR) is 129 cm³/mol. The quantitative estimate of drug-likeness (QED) is 0.292. The number of guanidine groups is 1. The minimum Gasteiger partial charge on any atom is -0.433 e. The molecule has 10 heteroatoms. The number of para-hydroxylation sites is 2. The van der Waals surface area contributed by atoms with Crippen LogP contribution >= 0.6 is 35.3 Å². The zero-order valence-corrected chi connectivity index (χ0v) is 20.3. The maximum atomic E-state index is 12.7. The Kier molecular flexibility index (Phi) is 10.0. The third-order valence-electron chi connectivity index (χ3n) is 4.62. The first-order valence-electron chi connectivity index (χ1n) is 9.86. The molecule has 1 aromatic carbocycles. The third-order valence-corrected chi connectivity index (χ3v) is 5.74. The van der Waals surface area contributed by atoms with Crippen LogP contribution in [-0.4, -0.2) is 43.2 Å². The minimum absolute atomic E-state index is 0. The van der Waals surface area contributed by atoms with Crippen molar-refractivity contribution in [3.05, 3.63) is 40.3 Å². The molecule has 2 heterocycles. The minimum atomic E-state index is -2.83. The fourth-order valence-electron chi connectivity index (χ4n) is 3.26. The van der Waals surface area contributed by atoms with Gasteiger partial charge in [0, 0.05) is 36.8 Å². The SMILES string of the molecule is CCNC(=NCc1ncc(CC)s1)NC1CCN(c2ccccc2OC(F)F)C1.I. The lowest BCUT2D eigenvalue weighted by molar-refractivity contribution is -0.0495. The summed E-state index contributed by atoms with van der Waals surface area (Å²) in [7, 11) is 0. The van der Waals surface area contributed by atoms with Crippen molar-refractivity contribution in [1.29, 1.82) is 0 Å². The molecule has 0 aliphatic carbocycles. The average molecular weight is 551 g/mol. The van der Waals surface area contributed by atoms with Crippen molar-refractivity contribution < 1.29 is 13.5 Å². The Morgan fingerprint density at radius 2 is 2.17 bits per heavy atom. The average Bonchev–Trinajstić information content (AvgIpc) is 3.35. The maximum absolute atomic E-state index is 12.7. The summed E-state index contributed by atoms with van der Waals surface area (Å²) in [4.78, 5) is 12.4. The van der Waals surface area contributed by atoms with Gasteiger partial charge in [0.25, 0.3) is 0 Å². The van der Waals surface area contributed by atoms with E-state index in [1.54, 1.807) is 23.5 Å². The molecule has 0 amide bonds. The first kappa shape index (κ1) is 24.6. The number of aromatic nitrogens is 1. The monoisotopic (exact) mass is 551 g/mol. The van der Waals surface area contributed by atoms with Crippen LogP contribution < -0.4 is 20.3 Å². The van der Waals surface area contributed by atoms with Crippen molar-refractivity contribution >= 4 is 47.0 Å². The van der Waals surface area contributed by atoms with Gasteiger partial charge in [-0.2, -0.15) is 8.78 Å². The Hall–Kier alpha value is -1.69. The fraction of sp³-hybridized carbons (Fsp3) is 0.500. The van der Waals surface area contributed by atoms with Crippen LogP contribution in [0.25, 0.3) is 0 Å². The van der Waals surface area contributed by atoms with Crippen molar-refractivity contribution in [1.82, 2.24) is 15.6 Å². The van der Waals surface area contributed by atoms with Gasteiger partial charge >= 0.3 is 6.61 Å². The first-order valence-corrected chi connectivity index (χ1v) is 10.7. The van der Waals surface area contributed by atoms with Crippen LogP contribution in [-0.2, 0) is 13.0 Å². The van der Waals surface area contributed by atoms with Crippen LogP contribution in [0.5, 0.6) is 5.75 Å². The van der Waals surface area contributed by atoms with Crippen molar-refractivity contribution in [2.75, 3.05) is 24.5 Å². The van der Waals surface area contributed by atoms with Crippen LogP contribution in [0.15, 0.2) is 35.5 Å². The van der Waals surface area contributed by atoms with E-state index >= 15 is 0 Å². The Morgan fingerprint density at radius 1 is 1.37 bits per heavy atom. The number of anilines is 1. The molecule has 3 rings (SSSR count). The number of ether oxygens (including phenoxy) is 1. The Bertz CT molecular complexity index is 820. The van der Waals surface area contributed by atoms with Gasteiger partial charge in [0.15, 0.2) is 5.96 Å². The van der Waals surface area contributed by atoms with Gasteiger partial charge in [0.2, 0.25) is 0 Å². The molecule has 1 saturated heterocycles. The van der Waals surface area contributed by atoms with E-state index in [1.165, 1.54) is 4.88 Å². The predicted octanol–water partition coefficient (Wildman–Crippen LogP) is 4.26. The number of alkyl halides is 2. The summed E-state index contributed by atoms with van der Waals surface area (Å²) in [5.41, 5.74) is 0.689. The Labute approximate surface area is 197 Å². The van der Waals surface area contributed by atoms with Crippen molar-refractivity contribution in [2.24, 2.45) is 4.99 Å². The molecule has 166 valence electrons. The zero-order chi connectivity index (χ0) is 20.6. The van der Waals surface area contributed by atoms with Crippen molar-refractivity contribution in [3.8, 4) is 5.75 Å². The lowest BCUT2D eigenvalue weighted by Gasteiger charge is -2.22. The molecule has 2 N–H and O–H groups in total. The number of rotatable bonds is 8. The van der Waals surface area contributed by atoms with Crippen molar-refractivity contribution in [2.45, 2.75) is 45.9 Å². The second-order valence-corrected chi connectivity index (χ2v) is 7.89. The van der Waals surface area contributed by atoms with Gasteiger partial charge in [-0.25, -0.2) is 9.98 Å². The Morgan fingerprint density at radius 3 is 2.87 bits per heavy atom. The molecule has 1 fully saturated rings. The molecule has 0 saturated carbocycles. The molecule has 1 aliphatic heterocycles. The molecule has 6 nitrogen and oxygen atoms in total. The molecule has 1 atom stereocenters. The normalized spacial score (nSPS) is 16.5. The second kappa shape index (κ2) is 12.2. The molecular weight excluding hydrogens is 523 g/mol. The standard InChI is InChI=1S/C20H27F2N5OS.HI/c1-3-15-11-24-18(29-15)12-25-20(23-4-2)26-14-9-10-27(13-14)16-7-5-6-8-17(16)28-19(21)22;/h5-8,11,14,19H,3-4,9-10,12-13H2,1-2H3,(H2,23,25,26);1H. The molecule has 30 heavy (non-hydrogen) atoms. The maximum Gasteiger partial charge on any atom is 0.387 e. The number of hydrogen-bond acceptors (Lipinski definition) is 5. The van der Waals surface area contributed by atoms with Crippen LogP contribution in [0.2, 0.25) is 0 Å².